The molecule has 0 fully saturated rings. The molecule has 30 heavy (non-hydrogen) atoms. The van der Waals surface area contributed by atoms with Gasteiger partial charge in [-0.25, -0.2) is 14.8 Å². The third kappa shape index (κ3) is 4.57. The van der Waals surface area contributed by atoms with E-state index in [0.29, 0.717) is 26.6 Å². The SMILES string of the molecule is Cc1nc(S[C@@H](C)C(=O)Nc2cccc(C(F)(F)F)c2)c2c(C)c(C(=O)O)sc2n1. The number of nitrogens with zero attached hydrogens (tertiary/aromatic N) is 2. The summed E-state index contributed by atoms with van der Waals surface area (Å²) >= 11 is 2.12. The summed E-state index contributed by atoms with van der Waals surface area (Å²) in [6, 6.07) is 4.38. The van der Waals surface area contributed by atoms with Gasteiger partial charge in [-0.3, -0.25) is 4.79 Å². The first kappa shape index (κ1) is 22.0. The van der Waals surface area contributed by atoms with Gasteiger partial charge in [0, 0.05) is 11.1 Å². The van der Waals surface area contributed by atoms with Crippen LogP contribution in [0.25, 0.3) is 10.2 Å². The second kappa shape index (κ2) is 8.23. The molecule has 0 spiro atoms. The number of amides is 1. The van der Waals surface area contributed by atoms with Crippen molar-refractivity contribution in [3.05, 3.63) is 46.1 Å². The number of aromatic carboxylic acids is 1. The molecule has 0 saturated carbocycles. The molecule has 2 N–H and O–H groups in total. The van der Waals surface area contributed by atoms with Crippen LogP contribution in [-0.2, 0) is 11.0 Å². The van der Waals surface area contributed by atoms with Crippen molar-refractivity contribution >= 4 is 50.9 Å². The van der Waals surface area contributed by atoms with Crippen molar-refractivity contribution in [3.63, 3.8) is 0 Å². The number of aromatic nitrogens is 2. The number of carbonyl (C=O) groups is 2. The maximum Gasteiger partial charge on any atom is 0.416 e. The highest BCUT2D eigenvalue weighted by molar-refractivity contribution is 8.00. The number of anilines is 1. The lowest BCUT2D eigenvalue weighted by atomic mass is 10.2. The summed E-state index contributed by atoms with van der Waals surface area (Å²) < 4.78 is 38.6. The Morgan fingerprint density at radius 1 is 1.23 bits per heavy atom. The average Bonchev–Trinajstić information content (AvgIpc) is 2.97. The molecule has 2 heterocycles. The van der Waals surface area contributed by atoms with Crippen LogP contribution in [0.15, 0.2) is 29.3 Å². The van der Waals surface area contributed by atoms with Gasteiger partial charge in [0.15, 0.2) is 0 Å². The van der Waals surface area contributed by atoms with Crippen molar-refractivity contribution in [2.45, 2.75) is 37.2 Å². The molecule has 158 valence electrons. The van der Waals surface area contributed by atoms with Crippen molar-refractivity contribution < 1.29 is 27.9 Å². The summed E-state index contributed by atoms with van der Waals surface area (Å²) in [4.78, 5) is 33.3. The molecule has 2 aromatic heterocycles. The number of fused-ring (bicyclic) bond motifs is 1. The number of aryl methyl sites for hydroxylation is 2. The summed E-state index contributed by atoms with van der Waals surface area (Å²) in [7, 11) is 0. The number of rotatable bonds is 5. The van der Waals surface area contributed by atoms with Crippen molar-refractivity contribution in [3.8, 4) is 0 Å². The van der Waals surface area contributed by atoms with Gasteiger partial charge < -0.3 is 10.4 Å². The fourth-order valence-corrected chi connectivity index (χ4v) is 4.91. The van der Waals surface area contributed by atoms with Gasteiger partial charge in [-0.1, -0.05) is 17.8 Å². The molecule has 3 aromatic rings. The highest BCUT2D eigenvalue weighted by Crippen LogP contribution is 2.37. The molecule has 1 aromatic carbocycles. The number of halogens is 3. The van der Waals surface area contributed by atoms with E-state index in [2.05, 4.69) is 15.3 Å². The third-order valence-electron chi connectivity index (χ3n) is 4.18. The van der Waals surface area contributed by atoms with Gasteiger partial charge in [0.1, 0.15) is 20.6 Å². The standard InChI is InChI=1S/C19H16F3N3O3S2/c1-8-13-16(23-10(3)24-17(13)30-14(8)18(27)28)29-9(2)15(26)25-12-6-4-5-11(7-12)19(20,21)22/h4-7,9H,1-3H3,(H,25,26)(H,27,28)/t9-/m0/s1. The molecule has 3 rings (SSSR count). The fraction of sp³-hybridized carbons (Fsp3) is 0.263. The van der Waals surface area contributed by atoms with E-state index in [1.165, 1.54) is 12.1 Å². The molecule has 0 radical (unpaired) electrons. The number of alkyl halides is 3. The molecule has 0 saturated heterocycles. The minimum atomic E-state index is -4.51. The van der Waals surface area contributed by atoms with Crippen LogP contribution < -0.4 is 5.32 Å². The molecule has 0 unspecified atom stereocenters. The Hall–Kier alpha value is -2.66. The zero-order valence-corrected chi connectivity index (χ0v) is 17.6. The first-order valence-electron chi connectivity index (χ1n) is 8.63. The normalized spacial score (nSPS) is 12.7. The van der Waals surface area contributed by atoms with Crippen LogP contribution in [0.5, 0.6) is 0 Å². The summed E-state index contributed by atoms with van der Waals surface area (Å²) in [5.41, 5.74) is -0.314. The predicted molar refractivity (Wildman–Crippen MR) is 109 cm³/mol. The molecule has 0 aliphatic carbocycles. The first-order valence-corrected chi connectivity index (χ1v) is 10.3. The van der Waals surface area contributed by atoms with Crippen molar-refractivity contribution in [2.75, 3.05) is 5.32 Å². The fourth-order valence-electron chi connectivity index (χ4n) is 2.73. The number of thiophene rings is 1. The highest BCUT2D eigenvalue weighted by Gasteiger charge is 2.30. The van der Waals surface area contributed by atoms with Crippen LogP contribution in [0.1, 0.15) is 33.5 Å². The van der Waals surface area contributed by atoms with Crippen LogP contribution in [-0.4, -0.2) is 32.2 Å². The molecule has 1 atom stereocenters. The van der Waals surface area contributed by atoms with Gasteiger partial charge in [0.2, 0.25) is 5.91 Å². The van der Waals surface area contributed by atoms with E-state index in [1.807, 2.05) is 0 Å². The molecular weight excluding hydrogens is 439 g/mol. The molecule has 6 nitrogen and oxygen atoms in total. The van der Waals surface area contributed by atoms with E-state index < -0.39 is 28.9 Å². The number of hydrogen-bond acceptors (Lipinski definition) is 6. The van der Waals surface area contributed by atoms with E-state index in [-0.39, 0.29) is 10.6 Å². The van der Waals surface area contributed by atoms with Crippen LogP contribution >= 0.6 is 23.1 Å². The zero-order valence-electron chi connectivity index (χ0n) is 16.0. The summed E-state index contributed by atoms with van der Waals surface area (Å²) in [5, 5.41) is 12.1. The number of carboxylic acids is 1. The van der Waals surface area contributed by atoms with Crippen molar-refractivity contribution in [1.82, 2.24) is 9.97 Å². The van der Waals surface area contributed by atoms with E-state index >= 15 is 0 Å². The van der Waals surface area contributed by atoms with Crippen LogP contribution in [0.2, 0.25) is 0 Å². The number of benzene rings is 1. The Kier molecular flexibility index (Phi) is 6.04. The van der Waals surface area contributed by atoms with Gasteiger partial charge in [-0.15, -0.1) is 11.3 Å². The first-order chi connectivity index (χ1) is 14.0. The van der Waals surface area contributed by atoms with Crippen molar-refractivity contribution in [2.24, 2.45) is 0 Å². The summed E-state index contributed by atoms with van der Waals surface area (Å²) in [6.07, 6.45) is -4.51. The monoisotopic (exact) mass is 455 g/mol. The number of hydrogen-bond donors (Lipinski definition) is 2. The van der Waals surface area contributed by atoms with Crippen LogP contribution in [0.4, 0.5) is 18.9 Å². The zero-order chi connectivity index (χ0) is 22.2. The summed E-state index contributed by atoms with van der Waals surface area (Å²) in [6.45, 7) is 4.90. The maximum absolute atomic E-state index is 12.9. The second-order valence-electron chi connectivity index (χ2n) is 6.45. The van der Waals surface area contributed by atoms with Gasteiger partial charge in [-0.2, -0.15) is 13.2 Å². The molecule has 11 heteroatoms. The van der Waals surface area contributed by atoms with Crippen molar-refractivity contribution in [1.29, 1.82) is 0 Å². The lowest BCUT2D eigenvalue weighted by Crippen LogP contribution is -2.23. The van der Waals surface area contributed by atoms with Gasteiger partial charge in [-0.05, 0) is 44.5 Å². The van der Waals surface area contributed by atoms with E-state index in [9.17, 15) is 27.9 Å². The topological polar surface area (TPSA) is 92.2 Å². The Morgan fingerprint density at radius 3 is 2.57 bits per heavy atom. The molecule has 0 aliphatic rings. The predicted octanol–water partition coefficient (Wildman–Crippen LogP) is 5.14. The Balaban J connectivity index is 1.85. The van der Waals surface area contributed by atoms with Gasteiger partial charge >= 0.3 is 12.1 Å². The van der Waals surface area contributed by atoms with Crippen LogP contribution in [0.3, 0.4) is 0 Å². The van der Waals surface area contributed by atoms with Crippen LogP contribution in [0, 0.1) is 13.8 Å². The molecule has 0 bridgehead atoms. The number of carboxylic acid groups (broad SMARTS) is 1. The van der Waals surface area contributed by atoms with Gasteiger partial charge in [0.25, 0.3) is 0 Å². The second-order valence-corrected chi connectivity index (χ2v) is 8.77. The van der Waals surface area contributed by atoms with E-state index in [0.717, 1.165) is 35.2 Å². The largest absolute Gasteiger partial charge is 0.477 e. The minimum Gasteiger partial charge on any atom is -0.477 e. The lowest BCUT2D eigenvalue weighted by molar-refractivity contribution is -0.137. The quantitative estimate of drug-likeness (QED) is 0.409. The Bertz CT molecular complexity index is 1150. The van der Waals surface area contributed by atoms with E-state index in [4.69, 9.17) is 0 Å². The maximum atomic E-state index is 12.9. The van der Waals surface area contributed by atoms with Gasteiger partial charge in [0.05, 0.1) is 10.8 Å². The molecular formula is C19H16F3N3O3S2. The minimum absolute atomic E-state index is 0.0335. The summed E-state index contributed by atoms with van der Waals surface area (Å²) in [5.74, 6) is -1.15. The lowest BCUT2D eigenvalue weighted by Gasteiger charge is -2.14. The third-order valence-corrected chi connectivity index (χ3v) is 6.44. The average molecular weight is 455 g/mol. The molecule has 0 aliphatic heterocycles. The van der Waals surface area contributed by atoms with E-state index in [1.54, 1.807) is 20.8 Å². The number of thioether (sulfide) groups is 1. The number of nitrogens with one attached hydrogen (secondary N) is 1. The smallest absolute Gasteiger partial charge is 0.416 e. The Labute approximate surface area is 177 Å². The molecule has 1 amide bonds. The highest BCUT2D eigenvalue weighted by atomic mass is 32.2. The Morgan fingerprint density at radius 2 is 1.93 bits per heavy atom. The number of carbonyl (C=O) groups excluding carboxylic acids is 1.